The number of nitrogens with one attached hydrogen (secondary N) is 1. The molecule has 3 heterocycles. The number of imidazole rings is 1. The number of hydrogen-bond donors (Lipinski definition) is 1. The van der Waals surface area contributed by atoms with Crippen LogP contribution in [-0.4, -0.2) is 40.1 Å². The molecule has 6 nitrogen and oxygen atoms in total. The van der Waals surface area contributed by atoms with Gasteiger partial charge in [-0.25, -0.2) is 4.79 Å². The number of hydrogen-bond acceptors (Lipinski definition) is 3. The molecule has 0 aliphatic carbocycles. The highest BCUT2D eigenvalue weighted by Gasteiger charge is 2.32. The Bertz CT molecular complexity index is 1080. The first-order valence-electron chi connectivity index (χ1n) is 9.89. The predicted molar refractivity (Wildman–Crippen MR) is 107 cm³/mol. The molecule has 2 aliphatic rings. The van der Waals surface area contributed by atoms with Gasteiger partial charge >= 0.3 is 5.69 Å². The summed E-state index contributed by atoms with van der Waals surface area (Å²) in [6.45, 7) is 1.79. The van der Waals surface area contributed by atoms with Crippen molar-refractivity contribution in [2.45, 2.75) is 25.3 Å². The maximum Gasteiger partial charge on any atom is 0.326 e. The lowest BCUT2D eigenvalue weighted by Gasteiger charge is -2.35. The van der Waals surface area contributed by atoms with Crippen LogP contribution in [0.4, 0.5) is 0 Å². The zero-order valence-corrected chi connectivity index (χ0v) is 15.6. The molecular formula is C22H23N3O3. The number of aromatic amines is 1. The molecular weight excluding hydrogens is 354 g/mol. The molecule has 2 aromatic carbocycles. The van der Waals surface area contributed by atoms with Crippen LogP contribution in [0.1, 0.15) is 24.4 Å². The van der Waals surface area contributed by atoms with Crippen molar-refractivity contribution in [3.63, 3.8) is 0 Å². The van der Waals surface area contributed by atoms with E-state index in [9.17, 15) is 9.59 Å². The van der Waals surface area contributed by atoms with Crippen LogP contribution in [0.2, 0.25) is 0 Å². The minimum absolute atomic E-state index is 0.0664. The van der Waals surface area contributed by atoms with Gasteiger partial charge in [-0.05, 0) is 43.0 Å². The van der Waals surface area contributed by atoms with E-state index in [4.69, 9.17) is 4.74 Å². The molecule has 5 rings (SSSR count). The number of fused-ring (bicyclic) bond motifs is 2. The normalized spacial score (nSPS) is 20.0. The fourth-order valence-electron chi connectivity index (χ4n) is 4.53. The molecule has 1 N–H and O–H groups in total. The van der Waals surface area contributed by atoms with Crippen LogP contribution in [0.15, 0.2) is 53.3 Å². The number of rotatable bonds is 2. The van der Waals surface area contributed by atoms with Crippen LogP contribution >= 0.6 is 0 Å². The molecule has 0 bridgehead atoms. The van der Waals surface area contributed by atoms with Crippen molar-refractivity contribution >= 4 is 16.9 Å². The Hall–Kier alpha value is -3.02. The number of para-hydroxylation sites is 3. The van der Waals surface area contributed by atoms with Crippen LogP contribution in [-0.2, 0) is 11.2 Å². The van der Waals surface area contributed by atoms with Crippen LogP contribution in [0.25, 0.3) is 11.0 Å². The Balaban J connectivity index is 1.28. The zero-order chi connectivity index (χ0) is 19.1. The summed E-state index contributed by atoms with van der Waals surface area (Å²) >= 11 is 0. The number of amides is 1. The third-order valence-corrected chi connectivity index (χ3v) is 5.99. The van der Waals surface area contributed by atoms with Gasteiger partial charge in [0.25, 0.3) is 0 Å². The number of piperidine rings is 1. The molecule has 0 radical (unpaired) electrons. The quantitative estimate of drug-likeness (QED) is 0.747. The van der Waals surface area contributed by atoms with E-state index in [0.717, 1.165) is 41.6 Å². The first kappa shape index (κ1) is 17.1. The van der Waals surface area contributed by atoms with Crippen molar-refractivity contribution in [2.24, 2.45) is 5.92 Å². The van der Waals surface area contributed by atoms with Crippen molar-refractivity contribution in [1.82, 2.24) is 14.5 Å². The Morgan fingerprint density at radius 3 is 2.64 bits per heavy atom. The number of likely N-dealkylation sites (tertiary alicyclic amines) is 1. The first-order valence-corrected chi connectivity index (χ1v) is 9.89. The molecule has 1 fully saturated rings. The lowest BCUT2D eigenvalue weighted by atomic mass is 9.94. The van der Waals surface area contributed by atoms with E-state index < -0.39 is 0 Å². The second-order valence-corrected chi connectivity index (χ2v) is 7.69. The third-order valence-electron chi connectivity index (χ3n) is 5.99. The molecule has 1 saturated heterocycles. The van der Waals surface area contributed by atoms with E-state index in [1.807, 2.05) is 58.0 Å². The average Bonchev–Trinajstić information content (AvgIpc) is 3.08. The third kappa shape index (κ3) is 2.89. The minimum atomic E-state index is -0.123. The smallest absolute Gasteiger partial charge is 0.326 e. The van der Waals surface area contributed by atoms with Crippen molar-refractivity contribution in [3.05, 3.63) is 64.6 Å². The molecule has 6 heteroatoms. The number of H-pyrrole nitrogens is 1. The standard InChI is InChI=1S/C22H23N3O3/c26-21(16-13-15-5-1-4-8-20(15)28-14-16)24-11-9-17(10-12-24)25-19-7-3-2-6-18(19)23-22(25)27/h1-8,16-17H,9-14H2,(H,23,27)/t16-/m1/s1. The highest BCUT2D eigenvalue weighted by molar-refractivity contribution is 5.80. The summed E-state index contributed by atoms with van der Waals surface area (Å²) < 4.78 is 7.65. The van der Waals surface area contributed by atoms with Gasteiger partial charge in [-0.15, -0.1) is 0 Å². The molecule has 0 unspecified atom stereocenters. The van der Waals surface area contributed by atoms with Gasteiger partial charge in [0.05, 0.1) is 17.0 Å². The summed E-state index contributed by atoms with van der Waals surface area (Å²) in [6, 6.07) is 15.8. The number of nitrogens with zero attached hydrogens (tertiary/aromatic N) is 2. The minimum Gasteiger partial charge on any atom is -0.492 e. The second kappa shape index (κ2) is 6.86. The molecule has 144 valence electrons. The van der Waals surface area contributed by atoms with Gasteiger partial charge in [-0.3, -0.25) is 9.36 Å². The largest absolute Gasteiger partial charge is 0.492 e. The molecule has 0 saturated carbocycles. The zero-order valence-electron chi connectivity index (χ0n) is 15.6. The fourth-order valence-corrected chi connectivity index (χ4v) is 4.53. The molecule has 1 atom stereocenters. The SMILES string of the molecule is O=C([C@H]1COc2ccccc2C1)N1CCC(n2c(=O)[nH]c3ccccc32)CC1. The van der Waals surface area contributed by atoms with E-state index in [1.54, 1.807) is 0 Å². The first-order chi connectivity index (χ1) is 13.7. The van der Waals surface area contributed by atoms with Gasteiger partial charge in [0.15, 0.2) is 0 Å². The van der Waals surface area contributed by atoms with Gasteiger partial charge in [0.2, 0.25) is 5.91 Å². The number of carbonyl (C=O) groups excluding carboxylic acids is 1. The second-order valence-electron chi connectivity index (χ2n) is 7.69. The van der Waals surface area contributed by atoms with Crippen LogP contribution < -0.4 is 10.4 Å². The Labute approximate surface area is 162 Å². The van der Waals surface area contributed by atoms with Gasteiger partial charge in [-0.1, -0.05) is 30.3 Å². The molecule has 0 spiro atoms. The number of ether oxygens (including phenoxy) is 1. The molecule has 28 heavy (non-hydrogen) atoms. The highest BCUT2D eigenvalue weighted by atomic mass is 16.5. The number of benzene rings is 2. The van der Waals surface area contributed by atoms with E-state index in [1.165, 1.54) is 0 Å². The van der Waals surface area contributed by atoms with E-state index in [2.05, 4.69) is 4.98 Å². The summed E-state index contributed by atoms with van der Waals surface area (Å²) in [5.41, 5.74) is 2.84. The maximum atomic E-state index is 13.0. The maximum absolute atomic E-state index is 13.0. The van der Waals surface area contributed by atoms with E-state index >= 15 is 0 Å². The van der Waals surface area contributed by atoms with Crippen molar-refractivity contribution in [3.8, 4) is 5.75 Å². The summed E-state index contributed by atoms with van der Waals surface area (Å²) in [6.07, 6.45) is 2.31. The lowest BCUT2D eigenvalue weighted by Crippen LogP contribution is -2.45. The molecule has 1 aromatic heterocycles. The van der Waals surface area contributed by atoms with Crippen LogP contribution in [0.5, 0.6) is 5.75 Å². The fraction of sp³-hybridized carbons (Fsp3) is 0.364. The van der Waals surface area contributed by atoms with Crippen molar-refractivity contribution in [2.75, 3.05) is 19.7 Å². The Kier molecular flexibility index (Phi) is 4.19. The number of aromatic nitrogens is 2. The molecule has 3 aromatic rings. The summed E-state index contributed by atoms with van der Waals surface area (Å²) in [5, 5.41) is 0. The number of carbonyl (C=O) groups is 1. The topological polar surface area (TPSA) is 67.3 Å². The van der Waals surface area contributed by atoms with Crippen molar-refractivity contribution < 1.29 is 9.53 Å². The monoisotopic (exact) mass is 377 g/mol. The molecule has 2 aliphatic heterocycles. The summed E-state index contributed by atoms with van der Waals surface area (Å²) in [7, 11) is 0. The average molecular weight is 377 g/mol. The predicted octanol–water partition coefficient (Wildman–Crippen LogP) is 2.74. The highest BCUT2D eigenvalue weighted by Crippen LogP contribution is 2.30. The van der Waals surface area contributed by atoms with Gasteiger partial charge in [0, 0.05) is 19.1 Å². The van der Waals surface area contributed by atoms with Crippen LogP contribution in [0.3, 0.4) is 0 Å². The van der Waals surface area contributed by atoms with E-state index in [-0.39, 0.29) is 23.6 Å². The summed E-state index contributed by atoms with van der Waals surface area (Å²) in [5.74, 6) is 0.936. The van der Waals surface area contributed by atoms with E-state index in [0.29, 0.717) is 19.7 Å². The van der Waals surface area contributed by atoms with Gasteiger partial charge in [-0.2, -0.15) is 0 Å². The van der Waals surface area contributed by atoms with Gasteiger partial charge < -0.3 is 14.6 Å². The summed E-state index contributed by atoms with van der Waals surface area (Å²) in [4.78, 5) is 30.3. The van der Waals surface area contributed by atoms with Crippen molar-refractivity contribution in [1.29, 1.82) is 0 Å². The Morgan fingerprint density at radius 1 is 1.04 bits per heavy atom. The van der Waals surface area contributed by atoms with Gasteiger partial charge in [0.1, 0.15) is 12.4 Å². The molecule has 1 amide bonds. The van der Waals surface area contributed by atoms with Crippen LogP contribution in [0, 0.1) is 5.92 Å². The Morgan fingerprint density at radius 2 is 1.79 bits per heavy atom. The lowest BCUT2D eigenvalue weighted by molar-refractivity contribution is -0.138.